The summed E-state index contributed by atoms with van der Waals surface area (Å²) in [7, 11) is 0. The van der Waals surface area contributed by atoms with E-state index in [1.54, 1.807) is 0 Å². The summed E-state index contributed by atoms with van der Waals surface area (Å²) in [5.74, 6) is -0.612. The highest BCUT2D eigenvalue weighted by Gasteiger charge is 2.04. The standard InChI is InChI=1S/C10H9FN2O/c11-10-3-7(9(4-12)5-13)1-2-8(10)6-14/h1-6,12H,13H2/b9-5+,12-4?. The minimum absolute atomic E-state index is 0.00454. The third kappa shape index (κ3) is 1.85. The smallest absolute Gasteiger partial charge is 0.152 e. The molecule has 0 saturated heterocycles. The number of carbonyl (C=O) groups excluding carboxylic acids is 1. The largest absolute Gasteiger partial charge is 0.404 e. The molecule has 0 aliphatic rings. The Hall–Kier alpha value is -1.97. The quantitative estimate of drug-likeness (QED) is 0.564. The van der Waals surface area contributed by atoms with Crippen molar-refractivity contribution in [3.63, 3.8) is 0 Å². The second-order valence-electron chi connectivity index (χ2n) is 2.62. The van der Waals surface area contributed by atoms with Gasteiger partial charge in [-0.15, -0.1) is 0 Å². The van der Waals surface area contributed by atoms with E-state index in [0.29, 0.717) is 17.4 Å². The van der Waals surface area contributed by atoms with Gasteiger partial charge in [-0.05, 0) is 17.7 Å². The van der Waals surface area contributed by atoms with Crippen molar-refractivity contribution in [3.05, 3.63) is 41.3 Å². The number of aldehydes is 1. The number of nitrogens with two attached hydrogens (primary N) is 1. The summed E-state index contributed by atoms with van der Waals surface area (Å²) in [5.41, 5.74) is 6.11. The van der Waals surface area contributed by atoms with Crippen LogP contribution in [0.2, 0.25) is 0 Å². The van der Waals surface area contributed by atoms with E-state index in [2.05, 4.69) is 0 Å². The predicted octanol–water partition coefficient (Wildman–Crippen LogP) is 1.59. The van der Waals surface area contributed by atoms with Crippen molar-refractivity contribution in [1.82, 2.24) is 0 Å². The van der Waals surface area contributed by atoms with E-state index < -0.39 is 5.82 Å². The SMILES string of the molecule is N=C/C(=C\N)c1ccc(C=O)c(F)c1. The molecule has 0 radical (unpaired) electrons. The molecule has 1 aromatic carbocycles. The van der Waals surface area contributed by atoms with Gasteiger partial charge in [-0.1, -0.05) is 6.07 Å². The highest BCUT2D eigenvalue weighted by atomic mass is 19.1. The second-order valence-corrected chi connectivity index (χ2v) is 2.62. The summed E-state index contributed by atoms with van der Waals surface area (Å²) >= 11 is 0. The molecule has 0 saturated carbocycles. The number of carbonyl (C=O) groups is 1. The number of hydrogen-bond donors (Lipinski definition) is 2. The van der Waals surface area contributed by atoms with Crippen molar-refractivity contribution in [1.29, 1.82) is 5.41 Å². The molecule has 0 heterocycles. The van der Waals surface area contributed by atoms with E-state index in [0.717, 1.165) is 6.21 Å². The highest BCUT2D eigenvalue weighted by molar-refractivity contribution is 6.08. The summed E-state index contributed by atoms with van der Waals surface area (Å²) in [4.78, 5) is 10.3. The molecule has 0 aromatic heterocycles. The summed E-state index contributed by atoms with van der Waals surface area (Å²) in [6.07, 6.45) is 2.67. The average molecular weight is 192 g/mol. The zero-order valence-corrected chi connectivity index (χ0v) is 7.33. The van der Waals surface area contributed by atoms with Gasteiger partial charge in [0.2, 0.25) is 0 Å². The normalized spacial score (nSPS) is 11.1. The van der Waals surface area contributed by atoms with Crippen LogP contribution < -0.4 is 5.73 Å². The fourth-order valence-corrected chi connectivity index (χ4v) is 1.03. The van der Waals surface area contributed by atoms with Gasteiger partial charge in [-0.25, -0.2) is 4.39 Å². The van der Waals surface area contributed by atoms with Gasteiger partial charge in [0, 0.05) is 18.0 Å². The van der Waals surface area contributed by atoms with E-state index in [1.807, 2.05) is 0 Å². The van der Waals surface area contributed by atoms with Crippen LogP contribution in [0.25, 0.3) is 5.57 Å². The van der Waals surface area contributed by atoms with Crippen molar-refractivity contribution >= 4 is 18.1 Å². The van der Waals surface area contributed by atoms with Crippen LogP contribution in [-0.2, 0) is 0 Å². The molecule has 0 spiro atoms. The van der Waals surface area contributed by atoms with E-state index in [1.165, 1.54) is 24.4 Å². The molecule has 0 unspecified atom stereocenters. The van der Waals surface area contributed by atoms with Crippen LogP contribution in [0.1, 0.15) is 15.9 Å². The average Bonchev–Trinajstić information content (AvgIpc) is 2.20. The summed E-state index contributed by atoms with van der Waals surface area (Å²) in [5, 5.41) is 7.00. The van der Waals surface area contributed by atoms with Crippen molar-refractivity contribution < 1.29 is 9.18 Å². The Kier molecular flexibility index (Phi) is 3.12. The Bertz CT molecular complexity index is 399. The minimum Gasteiger partial charge on any atom is -0.404 e. The van der Waals surface area contributed by atoms with Gasteiger partial charge in [0.15, 0.2) is 6.29 Å². The Balaban J connectivity index is 3.20. The van der Waals surface area contributed by atoms with Gasteiger partial charge in [0.25, 0.3) is 0 Å². The van der Waals surface area contributed by atoms with Crippen molar-refractivity contribution in [2.45, 2.75) is 0 Å². The maximum absolute atomic E-state index is 13.1. The fourth-order valence-electron chi connectivity index (χ4n) is 1.03. The lowest BCUT2D eigenvalue weighted by Crippen LogP contribution is -1.94. The lowest BCUT2D eigenvalue weighted by Gasteiger charge is -2.01. The van der Waals surface area contributed by atoms with E-state index >= 15 is 0 Å². The predicted molar refractivity (Wildman–Crippen MR) is 52.7 cm³/mol. The molecule has 14 heavy (non-hydrogen) atoms. The van der Waals surface area contributed by atoms with Crippen LogP contribution in [0.5, 0.6) is 0 Å². The lowest BCUT2D eigenvalue weighted by atomic mass is 10.1. The number of allylic oxidation sites excluding steroid dienone is 1. The maximum atomic E-state index is 13.1. The van der Waals surface area contributed by atoms with E-state index in [4.69, 9.17) is 11.1 Å². The number of halogens is 1. The molecule has 4 heteroatoms. The van der Waals surface area contributed by atoms with Crippen LogP contribution in [0.3, 0.4) is 0 Å². The molecule has 0 amide bonds. The van der Waals surface area contributed by atoms with Crippen molar-refractivity contribution in [2.75, 3.05) is 0 Å². The Morgan fingerprint density at radius 3 is 2.64 bits per heavy atom. The Morgan fingerprint density at radius 2 is 2.21 bits per heavy atom. The van der Waals surface area contributed by atoms with Gasteiger partial charge < -0.3 is 11.1 Å². The molecule has 1 rings (SSSR count). The zero-order chi connectivity index (χ0) is 10.6. The third-order valence-electron chi connectivity index (χ3n) is 1.80. The molecule has 0 aliphatic heterocycles. The monoisotopic (exact) mass is 192 g/mol. The molecule has 0 aliphatic carbocycles. The van der Waals surface area contributed by atoms with E-state index in [9.17, 15) is 9.18 Å². The van der Waals surface area contributed by atoms with Crippen LogP contribution in [0, 0.1) is 11.2 Å². The lowest BCUT2D eigenvalue weighted by molar-refractivity contribution is 0.112. The summed E-state index contributed by atoms with van der Waals surface area (Å²) in [6.45, 7) is 0. The molecular weight excluding hydrogens is 183 g/mol. The summed E-state index contributed by atoms with van der Waals surface area (Å²) in [6, 6.07) is 4.06. The minimum atomic E-state index is -0.612. The van der Waals surface area contributed by atoms with Gasteiger partial charge >= 0.3 is 0 Å². The number of hydrogen-bond acceptors (Lipinski definition) is 3. The first-order valence-electron chi connectivity index (χ1n) is 3.90. The van der Waals surface area contributed by atoms with Crippen LogP contribution >= 0.6 is 0 Å². The third-order valence-corrected chi connectivity index (χ3v) is 1.80. The van der Waals surface area contributed by atoms with Gasteiger partial charge in [-0.3, -0.25) is 4.79 Å². The molecule has 1 aromatic rings. The molecule has 0 atom stereocenters. The van der Waals surface area contributed by atoms with Gasteiger partial charge in [0.05, 0.1) is 5.56 Å². The van der Waals surface area contributed by atoms with Gasteiger partial charge in [-0.2, -0.15) is 0 Å². The first-order valence-corrected chi connectivity index (χ1v) is 3.90. The van der Waals surface area contributed by atoms with Crippen molar-refractivity contribution in [3.8, 4) is 0 Å². The molecule has 0 bridgehead atoms. The Labute approximate surface area is 80.6 Å². The molecular formula is C10H9FN2O. The van der Waals surface area contributed by atoms with Crippen LogP contribution in [0.4, 0.5) is 4.39 Å². The number of benzene rings is 1. The topological polar surface area (TPSA) is 66.9 Å². The highest BCUT2D eigenvalue weighted by Crippen LogP contribution is 2.14. The molecule has 3 N–H and O–H groups in total. The maximum Gasteiger partial charge on any atom is 0.152 e. The summed E-state index contributed by atoms with van der Waals surface area (Å²) < 4.78 is 13.1. The van der Waals surface area contributed by atoms with E-state index in [-0.39, 0.29) is 5.56 Å². The molecule has 0 fully saturated rings. The number of nitrogens with one attached hydrogen (secondary N) is 1. The molecule has 3 nitrogen and oxygen atoms in total. The first kappa shape index (κ1) is 10.1. The number of rotatable bonds is 3. The van der Waals surface area contributed by atoms with Crippen LogP contribution in [0.15, 0.2) is 24.4 Å². The van der Waals surface area contributed by atoms with Crippen LogP contribution in [-0.4, -0.2) is 12.5 Å². The molecule has 72 valence electrons. The second kappa shape index (κ2) is 4.32. The fraction of sp³-hybridized carbons (Fsp3) is 0. The van der Waals surface area contributed by atoms with Gasteiger partial charge in [0.1, 0.15) is 5.82 Å². The first-order chi connectivity index (χ1) is 6.72. The van der Waals surface area contributed by atoms with Crippen molar-refractivity contribution in [2.24, 2.45) is 5.73 Å². The zero-order valence-electron chi connectivity index (χ0n) is 7.33. The Morgan fingerprint density at radius 1 is 1.50 bits per heavy atom.